The van der Waals surface area contributed by atoms with Crippen LogP contribution in [0.2, 0.25) is 0 Å². The van der Waals surface area contributed by atoms with Gasteiger partial charge in [0, 0.05) is 19.2 Å². The number of halogens is 1. The smallest absolute Gasteiger partial charge is 0.756 e. The van der Waals surface area contributed by atoms with Gasteiger partial charge in [-0.1, -0.05) is 0 Å². The number of rotatable bonds is 10. The van der Waals surface area contributed by atoms with Gasteiger partial charge in [0.15, 0.2) is 18.7 Å². The summed E-state index contributed by atoms with van der Waals surface area (Å²) in [5.41, 5.74) is -1.80. The molecule has 2 aliphatic heterocycles. The van der Waals surface area contributed by atoms with Gasteiger partial charge in [-0.2, -0.15) is 0 Å². The second-order valence-corrected chi connectivity index (χ2v) is 11.2. The van der Waals surface area contributed by atoms with Gasteiger partial charge in [-0.15, -0.1) is 0 Å². The van der Waals surface area contributed by atoms with E-state index in [4.69, 9.17) is 9.47 Å². The molecule has 1 amide bonds. The van der Waals surface area contributed by atoms with E-state index in [0.29, 0.717) is 4.57 Å². The van der Waals surface area contributed by atoms with Crippen molar-refractivity contribution in [3.63, 3.8) is 0 Å². The molecule has 11 atom stereocenters. The van der Waals surface area contributed by atoms with Crippen LogP contribution in [0.4, 0.5) is 4.39 Å². The van der Waals surface area contributed by atoms with Gasteiger partial charge in [0.1, 0.15) is 36.6 Å². The molecule has 3 heterocycles. The Morgan fingerprint density at radius 1 is 1.12 bits per heavy atom. The van der Waals surface area contributed by atoms with Crippen molar-refractivity contribution in [3.05, 3.63) is 33.1 Å². The third-order valence-corrected chi connectivity index (χ3v) is 8.03. The molecular weight excluding hydrogens is 597 g/mol. The van der Waals surface area contributed by atoms with Gasteiger partial charge >= 0.3 is 43.4 Å². The van der Waals surface area contributed by atoms with Crippen molar-refractivity contribution in [1.29, 1.82) is 0 Å². The number of carbonyl (C=O) groups excluding carboxylic acids is 1. The topological polar surface area (TPSA) is 291 Å². The third-order valence-electron chi connectivity index (χ3n) is 5.49. The molecule has 19 nitrogen and oxygen atoms in total. The maximum atomic E-state index is 14.2. The van der Waals surface area contributed by atoms with Crippen LogP contribution < -0.4 is 64.1 Å². The molecule has 0 saturated carbocycles. The largest absolute Gasteiger partial charge is 1.00 e. The summed E-state index contributed by atoms with van der Waals surface area (Å²) in [5, 5.41) is 41.5. The fourth-order valence-electron chi connectivity index (χ4n) is 3.71. The minimum Gasteiger partial charge on any atom is -0.756 e. The summed E-state index contributed by atoms with van der Waals surface area (Å²) in [5.74, 6) is -0.884. The van der Waals surface area contributed by atoms with Crippen LogP contribution in [0.5, 0.6) is 0 Å². The van der Waals surface area contributed by atoms with Crippen molar-refractivity contribution in [1.82, 2.24) is 14.9 Å². The monoisotopic (exact) mass is 621 g/mol. The fourth-order valence-corrected chi connectivity index (χ4v) is 5.80. The number of aromatic amines is 1. The maximum absolute atomic E-state index is 14.2. The molecule has 2 saturated heterocycles. The number of aliphatic hydroxyl groups excluding tert-OH is 4. The SMILES string of the molecule is CC(=O)N[C@H]1[C@@H](OP(=O)([O-])OP(=O)([O-])OC[C@H]2O[C@@H](n3ccc(=O)[nH]c3=O)[C@H](O)[C@@H]2O)O[C@H](CO)[C@H](F)[C@@H]1O.[Li+].[Li+]. The van der Waals surface area contributed by atoms with Gasteiger partial charge in [-0.05, 0) is 0 Å². The van der Waals surface area contributed by atoms with E-state index in [0.717, 1.165) is 19.2 Å². The molecule has 2 fully saturated rings. The molecule has 0 aliphatic carbocycles. The molecule has 2 aliphatic rings. The van der Waals surface area contributed by atoms with E-state index in [9.17, 15) is 58.1 Å². The normalized spacial score (nSPS) is 34.4. The average Bonchev–Trinajstić information content (AvgIpc) is 3.10. The van der Waals surface area contributed by atoms with E-state index < -0.39 is 101 Å². The number of nitrogens with zero attached hydrogens (tertiary/aromatic N) is 1. The van der Waals surface area contributed by atoms with Gasteiger partial charge < -0.3 is 49.5 Å². The Bertz CT molecular complexity index is 1260. The van der Waals surface area contributed by atoms with Crippen molar-refractivity contribution in [2.24, 2.45) is 0 Å². The van der Waals surface area contributed by atoms with E-state index >= 15 is 0 Å². The number of H-pyrrole nitrogens is 1. The van der Waals surface area contributed by atoms with Crippen LogP contribution in [0, 0.1) is 0 Å². The summed E-state index contributed by atoms with van der Waals surface area (Å²) in [6.07, 6.45) is -14.5. The molecule has 24 heteroatoms. The molecule has 0 radical (unpaired) electrons. The van der Waals surface area contributed by atoms with Gasteiger partial charge in [0.25, 0.3) is 21.2 Å². The summed E-state index contributed by atoms with van der Waals surface area (Å²) in [6.45, 7) is -1.27. The zero-order chi connectivity index (χ0) is 29.3. The van der Waals surface area contributed by atoms with Crippen molar-refractivity contribution in [2.75, 3.05) is 13.2 Å². The molecule has 0 aromatic carbocycles. The Kier molecular flexibility index (Phi) is 14.3. The molecule has 3 rings (SSSR count). The van der Waals surface area contributed by atoms with Crippen LogP contribution in [0.1, 0.15) is 13.2 Å². The molecule has 2 unspecified atom stereocenters. The van der Waals surface area contributed by atoms with E-state index in [-0.39, 0.29) is 37.7 Å². The third kappa shape index (κ3) is 9.64. The molecule has 1 aromatic rings. The van der Waals surface area contributed by atoms with Crippen LogP contribution in [0.15, 0.2) is 21.9 Å². The van der Waals surface area contributed by atoms with Crippen LogP contribution in [-0.4, -0.2) is 98.1 Å². The first-order valence-electron chi connectivity index (χ1n) is 10.9. The second kappa shape index (κ2) is 15.3. The molecule has 41 heavy (non-hydrogen) atoms. The average molecular weight is 621 g/mol. The summed E-state index contributed by atoms with van der Waals surface area (Å²) in [4.78, 5) is 60.8. The Balaban J connectivity index is 0.00000420. The number of aromatic nitrogens is 2. The van der Waals surface area contributed by atoms with Crippen molar-refractivity contribution >= 4 is 21.6 Å². The molecule has 1 aromatic heterocycles. The van der Waals surface area contributed by atoms with Crippen LogP contribution in [0.25, 0.3) is 0 Å². The van der Waals surface area contributed by atoms with Crippen molar-refractivity contribution < 1.29 is 109 Å². The van der Waals surface area contributed by atoms with Crippen molar-refractivity contribution in [2.45, 2.75) is 62.2 Å². The zero-order valence-corrected chi connectivity index (χ0v) is 23.5. The summed E-state index contributed by atoms with van der Waals surface area (Å²) in [6, 6.07) is -0.976. The second-order valence-electron chi connectivity index (χ2n) is 8.33. The number of hydrogen-bond donors (Lipinski definition) is 6. The molecule has 0 spiro atoms. The number of ether oxygens (including phenoxy) is 2. The fraction of sp³-hybridized carbons (Fsp3) is 0.706. The molecule has 222 valence electrons. The molecule has 6 N–H and O–H groups in total. The first-order chi connectivity index (χ1) is 18.0. The zero-order valence-electron chi connectivity index (χ0n) is 21.7. The van der Waals surface area contributed by atoms with E-state index in [1.165, 1.54) is 0 Å². The van der Waals surface area contributed by atoms with Gasteiger partial charge in [-0.25, -0.2) is 13.5 Å². The quantitative estimate of drug-likeness (QED) is 0.104. The van der Waals surface area contributed by atoms with E-state index in [2.05, 4.69) is 13.4 Å². The minimum absolute atomic E-state index is 0. The molecule has 0 bridgehead atoms. The number of hydrogen-bond acceptors (Lipinski definition) is 16. The van der Waals surface area contributed by atoms with Crippen LogP contribution >= 0.6 is 15.6 Å². The molecular formula is C17H24FLi2N3O16P2. The predicted molar refractivity (Wildman–Crippen MR) is 115 cm³/mol. The summed E-state index contributed by atoms with van der Waals surface area (Å²) in [7, 11) is -11.8. The Hall–Kier alpha value is -0.705. The number of amides is 1. The van der Waals surface area contributed by atoms with Crippen molar-refractivity contribution in [3.8, 4) is 0 Å². The number of nitrogens with one attached hydrogen (secondary N) is 2. The minimum atomic E-state index is -5.98. The Morgan fingerprint density at radius 2 is 1.76 bits per heavy atom. The first kappa shape index (κ1) is 38.3. The van der Waals surface area contributed by atoms with Gasteiger partial charge in [0.05, 0.1) is 13.2 Å². The number of aliphatic hydroxyl groups is 4. The Morgan fingerprint density at radius 3 is 2.32 bits per heavy atom. The summed E-state index contributed by atoms with van der Waals surface area (Å²) >= 11 is 0. The van der Waals surface area contributed by atoms with Crippen LogP contribution in [-0.2, 0) is 36.8 Å². The van der Waals surface area contributed by atoms with Gasteiger partial charge in [0.2, 0.25) is 5.91 Å². The van der Waals surface area contributed by atoms with E-state index in [1.54, 1.807) is 0 Å². The first-order valence-corrected chi connectivity index (χ1v) is 13.8. The number of alkyl halides is 1. The standard InChI is InChI=1S/C17H26FN3O16P2.2Li/c1-6(23)19-11-13(26)10(18)7(4-22)35-16(11)36-39(31,32)37-38(29,30)33-5-8-12(25)14(27)15(34-8)21-3-2-9(24)20-17(21)28;;/h2-3,7-8,10-16,22,25-27H,4-5H2,1H3,(H,19,23)(H,29,30)(H,31,32)(H,20,24,28);;/q;2*+1/p-2/t7-,8-,10+,11-,12-,13+,14-,15-,16-;;/m1../s1. The maximum Gasteiger partial charge on any atom is 1.00 e. The van der Waals surface area contributed by atoms with Gasteiger partial charge in [-0.3, -0.25) is 32.8 Å². The number of carbonyl (C=O) groups is 1. The summed E-state index contributed by atoms with van der Waals surface area (Å²) < 4.78 is 62.1. The van der Waals surface area contributed by atoms with E-state index in [1.807, 2.05) is 10.3 Å². The predicted octanol–water partition coefficient (Wildman–Crippen LogP) is -10.9. The number of phosphoric ester groups is 2. The van der Waals surface area contributed by atoms with Crippen LogP contribution in [0.3, 0.4) is 0 Å². The number of phosphoric acid groups is 2. The Labute approximate surface area is 253 Å².